The first kappa shape index (κ1) is 14.1. The number of pyridine rings is 1. The van der Waals surface area contributed by atoms with E-state index in [9.17, 15) is 4.79 Å². The van der Waals surface area contributed by atoms with Crippen molar-refractivity contribution < 1.29 is 4.79 Å². The van der Waals surface area contributed by atoms with Crippen LogP contribution in [0.4, 0.5) is 0 Å². The van der Waals surface area contributed by atoms with Crippen LogP contribution < -0.4 is 5.32 Å². The van der Waals surface area contributed by atoms with Crippen LogP contribution in [0.1, 0.15) is 28.9 Å². The van der Waals surface area contributed by atoms with Gasteiger partial charge in [0, 0.05) is 30.5 Å². The highest BCUT2D eigenvalue weighted by atomic mass is 16.1. The third-order valence-electron chi connectivity index (χ3n) is 3.57. The predicted molar refractivity (Wildman–Crippen MR) is 85.9 cm³/mol. The monoisotopic (exact) mass is 291 g/mol. The Labute approximate surface area is 129 Å². The first-order chi connectivity index (χ1) is 10.7. The van der Waals surface area contributed by atoms with Crippen molar-refractivity contribution in [3.8, 4) is 5.69 Å². The van der Waals surface area contributed by atoms with Crippen molar-refractivity contribution in [1.29, 1.82) is 0 Å². The molecule has 3 aromatic rings. The molecule has 0 fully saturated rings. The second kappa shape index (κ2) is 6.26. The Bertz CT molecular complexity index is 734. The molecule has 0 unspecified atom stereocenters. The molecule has 1 atom stereocenters. The zero-order valence-corrected chi connectivity index (χ0v) is 12.3. The molecule has 2 heterocycles. The van der Waals surface area contributed by atoms with Crippen molar-refractivity contribution in [2.75, 3.05) is 0 Å². The Balaban J connectivity index is 1.70. The number of hydrogen-bond acceptors (Lipinski definition) is 2. The number of hydrogen-bond donors (Lipinski definition) is 1. The van der Waals surface area contributed by atoms with Crippen LogP contribution in [0.15, 0.2) is 73.3 Å². The SMILES string of the molecule is C[C@@H](NC(=O)c1cccnc1)c1ccc(-n2cccc2)cc1. The van der Waals surface area contributed by atoms with Gasteiger partial charge in [0.25, 0.3) is 5.91 Å². The summed E-state index contributed by atoms with van der Waals surface area (Å²) in [6.45, 7) is 1.97. The van der Waals surface area contributed by atoms with Crippen LogP contribution in [-0.4, -0.2) is 15.5 Å². The van der Waals surface area contributed by atoms with Crippen molar-refractivity contribution in [3.05, 3.63) is 84.4 Å². The van der Waals surface area contributed by atoms with Gasteiger partial charge in [-0.15, -0.1) is 0 Å². The van der Waals surface area contributed by atoms with Crippen molar-refractivity contribution in [2.24, 2.45) is 0 Å². The van der Waals surface area contributed by atoms with Crippen LogP contribution in [0.3, 0.4) is 0 Å². The standard InChI is InChI=1S/C18H17N3O/c1-14(20-18(22)16-5-4-10-19-13-16)15-6-8-17(9-7-15)21-11-2-3-12-21/h2-14H,1H3,(H,20,22)/t14-/m1/s1. The van der Waals surface area contributed by atoms with Crippen molar-refractivity contribution in [1.82, 2.24) is 14.9 Å². The highest BCUT2D eigenvalue weighted by molar-refractivity contribution is 5.94. The first-order valence-electron chi connectivity index (χ1n) is 7.18. The van der Waals surface area contributed by atoms with Crippen LogP contribution >= 0.6 is 0 Å². The number of nitrogens with zero attached hydrogens (tertiary/aromatic N) is 2. The van der Waals surface area contributed by atoms with E-state index >= 15 is 0 Å². The quantitative estimate of drug-likeness (QED) is 0.801. The van der Waals surface area contributed by atoms with E-state index in [1.165, 1.54) is 0 Å². The molecule has 4 nitrogen and oxygen atoms in total. The van der Waals surface area contributed by atoms with E-state index in [-0.39, 0.29) is 11.9 Å². The highest BCUT2D eigenvalue weighted by Gasteiger charge is 2.11. The lowest BCUT2D eigenvalue weighted by Crippen LogP contribution is -2.26. The minimum absolute atomic E-state index is 0.0635. The second-order valence-corrected chi connectivity index (χ2v) is 5.12. The maximum Gasteiger partial charge on any atom is 0.253 e. The van der Waals surface area contributed by atoms with Gasteiger partial charge in [-0.3, -0.25) is 9.78 Å². The smallest absolute Gasteiger partial charge is 0.253 e. The molecule has 1 aromatic carbocycles. The number of carbonyl (C=O) groups is 1. The number of benzene rings is 1. The molecule has 22 heavy (non-hydrogen) atoms. The number of aromatic nitrogens is 2. The predicted octanol–water partition coefficient (Wildman–Crippen LogP) is 3.36. The normalized spacial score (nSPS) is 11.9. The van der Waals surface area contributed by atoms with Gasteiger partial charge in [0.1, 0.15) is 0 Å². The Hall–Kier alpha value is -2.88. The molecular formula is C18H17N3O. The summed E-state index contributed by atoms with van der Waals surface area (Å²) in [7, 11) is 0. The summed E-state index contributed by atoms with van der Waals surface area (Å²) >= 11 is 0. The zero-order valence-electron chi connectivity index (χ0n) is 12.3. The van der Waals surface area contributed by atoms with Gasteiger partial charge in [0.05, 0.1) is 11.6 Å². The molecule has 1 amide bonds. The van der Waals surface area contributed by atoms with E-state index < -0.39 is 0 Å². The summed E-state index contributed by atoms with van der Waals surface area (Å²) in [5, 5.41) is 2.98. The second-order valence-electron chi connectivity index (χ2n) is 5.12. The molecule has 0 saturated carbocycles. The summed E-state index contributed by atoms with van der Waals surface area (Å²) in [6, 6.07) is 15.6. The minimum Gasteiger partial charge on any atom is -0.345 e. The van der Waals surface area contributed by atoms with Gasteiger partial charge in [-0.2, -0.15) is 0 Å². The Morgan fingerprint density at radius 2 is 1.82 bits per heavy atom. The van der Waals surface area contributed by atoms with Crippen LogP contribution in [0.2, 0.25) is 0 Å². The van der Waals surface area contributed by atoms with Gasteiger partial charge in [-0.05, 0) is 48.9 Å². The van der Waals surface area contributed by atoms with Crippen molar-refractivity contribution in [2.45, 2.75) is 13.0 Å². The maximum atomic E-state index is 12.1. The molecular weight excluding hydrogens is 274 g/mol. The zero-order chi connectivity index (χ0) is 15.4. The van der Waals surface area contributed by atoms with Crippen molar-refractivity contribution >= 4 is 5.91 Å². The fourth-order valence-corrected chi connectivity index (χ4v) is 2.30. The molecule has 0 radical (unpaired) electrons. The number of nitrogens with one attached hydrogen (secondary N) is 1. The van der Waals surface area contributed by atoms with E-state index in [1.807, 2.05) is 60.3 Å². The van der Waals surface area contributed by atoms with Gasteiger partial charge >= 0.3 is 0 Å². The van der Waals surface area contributed by atoms with Crippen LogP contribution in [0.25, 0.3) is 5.69 Å². The molecule has 0 bridgehead atoms. The number of carbonyl (C=O) groups excluding carboxylic acids is 1. The lowest BCUT2D eigenvalue weighted by molar-refractivity contribution is 0.0939. The lowest BCUT2D eigenvalue weighted by Gasteiger charge is -2.15. The largest absolute Gasteiger partial charge is 0.345 e. The number of rotatable bonds is 4. The first-order valence-corrected chi connectivity index (χ1v) is 7.18. The molecule has 110 valence electrons. The van der Waals surface area contributed by atoms with Gasteiger partial charge in [0.15, 0.2) is 0 Å². The van der Waals surface area contributed by atoms with E-state index in [0.29, 0.717) is 5.56 Å². The Kier molecular flexibility index (Phi) is 4.01. The average Bonchev–Trinajstić information content (AvgIpc) is 3.10. The molecule has 1 N–H and O–H groups in total. The summed E-state index contributed by atoms with van der Waals surface area (Å²) in [4.78, 5) is 16.1. The molecule has 0 aliphatic heterocycles. The maximum absolute atomic E-state index is 12.1. The summed E-state index contributed by atoms with van der Waals surface area (Å²) < 4.78 is 2.04. The van der Waals surface area contributed by atoms with E-state index in [4.69, 9.17) is 0 Å². The lowest BCUT2D eigenvalue weighted by atomic mass is 10.1. The van der Waals surface area contributed by atoms with Crippen LogP contribution in [0, 0.1) is 0 Å². The molecule has 0 spiro atoms. The summed E-state index contributed by atoms with van der Waals surface area (Å²) in [5.41, 5.74) is 2.73. The minimum atomic E-state index is -0.116. The van der Waals surface area contributed by atoms with Crippen LogP contribution in [-0.2, 0) is 0 Å². The molecule has 2 aromatic heterocycles. The Morgan fingerprint density at radius 1 is 1.09 bits per heavy atom. The topological polar surface area (TPSA) is 46.9 Å². The summed E-state index contributed by atoms with van der Waals surface area (Å²) in [6.07, 6.45) is 7.22. The highest BCUT2D eigenvalue weighted by Crippen LogP contribution is 2.16. The van der Waals surface area contributed by atoms with E-state index in [2.05, 4.69) is 10.3 Å². The van der Waals surface area contributed by atoms with Gasteiger partial charge in [-0.1, -0.05) is 12.1 Å². The fraction of sp³-hybridized carbons (Fsp3) is 0.111. The van der Waals surface area contributed by atoms with E-state index in [0.717, 1.165) is 11.3 Å². The summed E-state index contributed by atoms with van der Waals surface area (Å²) in [5.74, 6) is -0.116. The molecule has 0 aliphatic carbocycles. The van der Waals surface area contributed by atoms with Crippen molar-refractivity contribution in [3.63, 3.8) is 0 Å². The van der Waals surface area contributed by atoms with Gasteiger partial charge in [-0.25, -0.2) is 0 Å². The average molecular weight is 291 g/mol. The molecule has 3 rings (SSSR count). The van der Waals surface area contributed by atoms with Crippen LogP contribution in [0.5, 0.6) is 0 Å². The molecule has 0 saturated heterocycles. The van der Waals surface area contributed by atoms with E-state index in [1.54, 1.807) is 24.5 Å². The Morgan fingerprint density at radius 3 is 2.45 bits per heavy atom. The molecule has 0 aliphatic rings. The molecule has 4 heteroatoms. The third kappa shape index (κ3) is 3.06. The number of amides is 1. The fourth-order valence-electron chi connectivity index (χ4n) is 2.30. The van der Waals surface area contributed by atoms with Gasteiger partial charge in [0.2, 0.25) is 0 Å². The van der Waals surface area contributed by atoms with Gasteiger partial charge < -0.3 is 9.88 Å². The third-order valence-corrected chi connectivity index (χ3v) is 3.57.